The molecule has 1 unspecified atom stereocenters. The Morgan fingerprint density at radius 2 is 1.45 bits per heavy atom. The lowest BCUT2D eigenvalue weighted by atomic mass is 9.86. The first-order valence-corrected chi connectivity index (χ1v) is 10.4. The number of hydrogen-bond donors (Lipinski definition) is 1. The summed E-state index contributed by atoms with van der Waals surface area (Å²) in [6, 6.07) is 26.8. The summed E-state index contributed by atoms with van der Waals surface area (Å²) in [5.74, 6) is -0.0129. The molecule has 0 spiro atoms. The summed E-state index contributed by atoms with van der Waals surface area (Å²) in [5.41, 5.74) is 5.68. The molecule has 1 atom stereocenters. The smallest absolute Gasteiger partial charge is 0.252 e. The van der Waals surface area contributed by atoms with E-state index in [-0.39, 0.29) is 17.4 Å². The van der Waals surface area contributed by atoms with E-state index in [0.717, 1.165) is 29.5 Å². The normalized spacial score (nSPS) is 12.4. The largest absolute Gasteiger partial charge is 0.346 e. The quantitative estimate of drug-likeness (QED) is 0.533. The zero-order valence-electron chi connectivity index (χ0n) is 17.9. The van der Waals surface area contributed by atoms with Gasteiger partial charge in [-0.1, -0.05) is 93.6 Å². The maximum Gasteiger partial charge on any atom is 0.252 e. The Bertz CT molecular complexity index is 936. The zero-order chi connectivity index (χ0) is 20.9. The lowest BCUT2D eigenvalue weighted by Crippen LogP contribution is -2.27. The second-order valence-electron chi connectivity index (χ2n) is 8.71. The van der Waals surface area contributed by atoms with Crippen molar-refractivity contribution in [3.05, 3.63) is 107 Å². The Kier molecular flexibility index (Phi) is 6.53. The molecule has 0 saturated heterocycles. The van der Waals surface area contributed by atoms with Crippen LogP contribution in [0.1, 0.15) is 66.3 Å². The van der Waals surface area contributed by atoms with Gasteiger partial charge in [-0.15, -0.1) is 0 Å². The number of hydrogen-bond acceptors (Lipinski definition) is 1. The van der Waals surface area contributed by atoms with Gasteiger partial charge in [0.1, 0.15) is 0 Å². The van der Waals surface area contributed by atoms with Gasteiger partial charge in [0, 0.05) is 5.56 Å². The summed E-state index contributed by atoms with van der Waals surface area (Å²) in [6.45, 7) is 8.66. The first-order valence-electron chi connectivity index (χ1n) is 10.4. The summed E-state index contributed by atoms with van der Waals surface area (Å²) in [7, 11) is 0. The lowest BCUT2D eigenvalue weighted by molar-refractivity contribution is 0.0939. The van der Waals surface area contributed by atoms with Gasteiger partial charge in [0.15, 0.2) is 0 Å². The highest BCUT2D eigenvalue weighted by Crippen LogP contribution is 2.24. The van der Waals surface area contributed by atoms with Gasteiger partial charge in [0.2, 0.25) is 0 Å². The lowest BCUT2D eigenvalue weighted by Gasteiger charge is -2.21. The highest BCUT2D eigenvalue weighted by Gasteiger charge is 2.17. The van der Waals surface area contributed by atoms with Gasteiger partial charge in [0.25, 0.3) is 5.91 Å². The number of rotatable bonds is 6. The van der Waals surface area contributed by atoms with Crippen molar-refractivity contribution >= 4 is 5.91 Å². The molecule has 0 aliphatic rings. The molecule has 0 aliphatic carbocycles. The van der Waals surface area contributed by atoms with Gasteiger partial charge in [-0.3, -0.25) is 4.79 Å². The molecule has 1 amide bonds. The molecule has 0 fully saturated rings. The van der Waals surface area contributed by atoms with Crippen molar-refractivity contribution in [3.8, 4) is 0 Å². The summed E-state index contributed by atoms with van der Waals surface area (Å²) in [6.07, 6.45) is 1.78. The molecular weight excluding hydrogens is 354 g/mol. The third kappa shape index (κ3) is 5.57. The highest BCUT2D eigenvalue weighted by atomic mass is 16.1. The number of carbonyl (C=O) groups is 1. The van der Waals surface area contributed by atoms with Crippen LogP contribution in [0.5, 0.6) is 0 Å². The Morgan fingerprint density at radius 3 is 2.10 bits per heavy atom. The second-order valence-corrected chi connectivity index (χ2v) is 8.71. The molecule has 3 aromatic rings. The summed E-state index contributed by atoms with van der Waals surface area (Å²) < 4.78 is 0. The van der Waals surface area contributed by atoms with Gasteiger partial charge in [-0.05, 0) is 53.5 Å². The molecule has 0 radical (unpaired) electrons. The fourth-order valence-electron chi connectivity index (χ4n) is 3.51. The van der Waals surface area contributed by atoms with Crippen molar-refractivity contribution in [1.82, 2.24) is 5.32 Å². The Morgan fingerprint density at radius 1 is 0.828 bits per heavy atom. The zero-order valence-corrected chi connectivity index (χ0v) is 17.9. The molecule has 1 N–H and O–H groups in total. The predicted octanol–water partition coefficient (Wildman–Crippen LogP) is 6.26. The monoisotopic (exact) mass is 385 g/mol. The van der Waals surface area contributed by atoms with Crippen LogP contribution < -0.4 is 5.32 Å². The van der Waals surface area contributed by atoms with E-state index in [1.54, 1.807) is 0 Å². The third-order valence-electron chi connectivity index (χ3n) is 5.41. The number of benzene rings is 3. The molecule has 150 valence electrons. The van der Waals surface area contributed by atoms with Gasteiger partial charge in [-0.2, -0.15) is 0 Å². The molecule has 2 nitrogen and oxygen atoms in total. The Balaban J connectivity index is 1.69. The van der Waals surface area contributed by atoms with Crippen LogP contribution in [0.2, 0.25) is 0 Å². The van der Waals surface area contributed by atoms with Gasteiger partial charge in [-0.25, -0.2) is 0 Å². The van der Waals surface area contributed by atoms with E-state index in [2.05, 4.69) is 80.7 Å². The molecule has 0 saturated carbocycles. The molecule has 0 aromatic heterocycles. The van der Waals surface area contributed by atoms with Crippen LogP contribution in [-0.4, -0.2) is 5.91 Å². The van der Waals surface area contributed by atoms with Crippen LogP contribution in [0.25, 0.3) is 0 Å². The number of carbonyl (C=O) groups excluding carboxylic acids is 1. The van der Waals surface area contributed by atoms with Crippen molar-refractivity contribution in [2.24, 2.45) is 0 Å². The van der Waals surface area contributed by atoms with E-state index in [0.29, 0.717) is 0 Å². The minimum absolute atomic E-state index is 0.0129. The van der Waals surface area contributed by atoms with Crippen molar-refractivity contribution in [2.45, 2.75) is 52.0 Å². The predicted molar refractivity (Wildman–Crippen MR) is 121 cm³/mol. The van der Waals surface area contributed by atoms with Crippen LogP contribution in [0.15, 0.2) is 78.9 Å². The highest BCUT2D eigenvalue weighted by molar-refractivity contribution is 5.95. The molecule has 3 rings (SSSR count). The molecule has 0 bridgehead atoms. The Labute approximate surface area is 175 Å². The first kappa shape index (κ1) is 20.9. The van der Waals surface area contributed by atoms with Crippen LogP contribution in [0, 0.1) is 0 Å². The molecular formula is C27H31NO. The Hall–Kier alpha value is -2.87. The van der Waals surface area contributed by atoms with E-state index in [1.165, 1.54) is 11.1 Å². The molecule has 0 heterocycles. The van der Waals surface area contributed by atoms with E-state index >= 15 is 0 Å². The number of nitrogens with one attached hydrogen (secondary N) is 1. The van der Waals surface area contributed by atoms with Gasteiger partial charge >= 0.3 is 0 Å². The van der Waals surface area contributed by atoms with Crippen molar-refractivity contribution in [2.75, 3.05) is 0 Å². The van der Waals surface area contributed by atoms with Gasteiger partial charge in [0.05, 0.1) is 6.04 Å². The van der Waals surface area contributed by atoms with Crippen LogP contribution in [-0.2, 0) is 18.3 Å². The summed E-state index contributed by atoms with van der Waals surface area (Å²) in [4.78, 5) is 13.0. The van der Waals surface area contributed by atoms with E-state index in [4.69, 9.17) is 0 Å². The molecule has 29 heavy (non-hydrogen) atoms. The fourth-order valence-corrected chi connectivity index (χ4v) is 3.51. The van der Waals surface area contributed by atoms with E-state index in [9.17, 15) is 4.79 Å². The van der Waals surface area contributed by atoms with Gasteiger partial charge < -0.3 is 5.32 Å². The number of aryl methyl sites for hydroxylation is 2. The van der Waals surface area contributed by atoms with Crippen molar-refractivity contribution < 1.29 is 4.79 Å². The van der Waals surface area contributed by atoms with Crippen LogP contribution in [0.3, 0.4) is 0 Å². The maximum atomic E-state index is 13.0. The number of amides is 1. The minimum Gasteiger partial charge on any atom is -0.346 e. The van der Waals surface area contributed by atoms with Crippen molar-refractivity contribution in [1.29, 1.82) is 0 Å². The molecule has 0 aliphatic heterocycles. The standard InChI is InChI=1S/C27H31NO/c1-20(22-16-18-24(19-17-22)27(2,3)4)28-26(29)25-13-9-8-12-23(25)15-14-21-10-6-5-7-11-21/h5-13,16-20H,14-15H2,1-4H3,(H,28,29). The maximum absolute atomic E-state index is 13.0. The van der Waals surface area contributed by atoms with Crippen molar-refractivity contribution in [3.63, 3.8) is 0 Å². The fraction of sp³-hybridized carbons (Fsp3) is 0.296. The first-order chi connectivity index (χ1) is 13.8. The third-order valence-corrected chi connectivity index (χ3v) is 5.41. The summed E-state index contributed by atoms with van der Waals surface area (Å²) in [5, 5.41) is 3.17. The van der Waals surface area contributed by atoms with Crippen LogP contribution in [0.4, 0.5) is 0 Å². The molecule has 2 heteroatoms. The SMILES string of the molecule is CC(NC(=O)c1ccccc1CCc1ccccc1)c1ccc(C(C)(C)C)cc1. The second kappa shape index (κ2) is 9.09. The van der Waals surface area contributed by atoms with E-state index < -0.39 is 0 Å². The average Bonchev–Trinajstić information content (AvgIpc) is 2.72. The average molecular weight is 386 g/mol. The minimum atomic E-state index is -0.0429. The van der Waals surface area contributed by atoms with E-state index in [1.807, 2.05) is 31.2 Å². The van der Waals surface area contributed by atoms with Crippen LogP contribution >= 0.6 is 0 Å². The summed E-state index contributed by atoms with van der Waals surface area (Å²) >= 11 is 0. The topological polar surface area (TPSA) is 29.1 Å². The molecule has 3 aromatic carbocycles.